The fourth-order valence-corrected chi connectivity index (χ4v) is 3.12. The Kier molecular flexibility index (Phi) is 4.57. The van der Waals surface area contributed by atoms with Crippen LogP contribution in [0, 0.1) is 0 Å². The molecule has 5 nitrogen and oxygen atoms in total. The van der Waals surface area contributed by atoms with Gasteiger partial charge in [0.1, 0.15) is 0 Å². The summed E-state index contributed by atoms with van der Waals surface area (Å²) in [5.41, 5.74) is 4.16. The molecule has 0 spiro atoms. The van der Waals surface area contributed by atoms with Gasteiger partial charge in [-0.15, -0.1) is 0 Å². The molecule has 0 saturated carbocycles. The Hall–Kier alpha value is -2.01. The van der Waals surface area contributed by atoms with Gasteiger partial charge in [0.2, 0.25) is 0 Å². The first-order chi connectivity index (χ1) is 11.1. The molecule has 0 radical (unpaired) electrons. The summed E-state index contributed by atoms with van der Waals surface area (Å²) in [6.07, 6.45) is 0.808. The monoisotopic (exact) mass is 332 g/mol. The second-order valence-corrected chi connectivity index (χ2v) is 6.10. The van der Waals surface area contributed by atoms with E-state index in [1.165, 1.54) is 0 Å². The van der Waals surface area contributed by atoms with Crippen molar-refractivity contribution >= 4 is 17.6 Å². The van der Waals surface area contributed by atoms with Crippen LogP contribution in [0.1, 0.15) is 25.1 Å². The molecule has 1 N–H and O–H groups in total. The van der Waals surface area contributed by atoms with E-state index < -0.39 is 0 Å². The quantitative estimate of drug-likeness (QED) is 0.934. The van der Waals surface area contributed by atoms with Gasteiger partial charge in [-0.3, -0.25) is 5.10 Å². The second kappa shape index (κ2) is 6.62. The molecule has 0 aliphatic carbocycles. The van der Waals surface area contributed by atoms with Gasteiger partial charge in [-0.05, 0) is 26.0 Å². The molecule has 1 aromatic carbocycles. The van der Waals surface area contributed by atoms with E-state index in [1.54, 1.807) is 0 Å². The first-order valence-corrected chi connectivity index (χ1v) is 8.37. The molecule has 122 valence electrons. The van der Waals surface area contributed by atoms with Crippen LogP contribution in [0.25, 0.3) is 11.3 Å². The molecule has 0 unspecified atom stereocenters. The maximum absolute atomic E-state index is 12.6. The highest BCUT2D eigenvalue weighted by Gasteiger charge is 2.27. The zero-order valence-electron chi connectivity index (χ0n) is 13.5. The average molecular weight is 333 g/mol. The van der Waals surface area contributed by atoms with Crippen molar-refractivity contribution in [1.82, 2.24) is 20.0 Å². The fourth-order valence-electron chi connectivity index (χ4n) is 3.00. The van der Waals surface area contributed by atoms with Crippen LogP contribution in [0.4, 0.5) is 4.79 Å². The van der Waals surface area contributed by atoms with Crippen LogP contribution in [0.15, 0.2) is 24.3 Å². The van der Waals surface area contributed by atoms with Crippen molar-refractivity contribution in [1.29, 1.82) is 0 Å². The van der Waals surface area contributed by atoms with Crippen molar-refractivity contribution < 1.29 is 4.79 Å². The van der Waals surface area contributed by atoms with Crippen LogP contribution in [0.3, 0.4) is 0 Å². The molecular formula is C17H21ClN4O. The number of H-pyrrole nitrogens is 1. The molecule has 0 fully saturated rings. The molecule has 0 bridgehead atoms. The number of nitrogens with one attached hydrogen (secondary N) is 1. The van der Waals surface area contributed by atoms with E-state index in [0.717, 1.165) is 48.6 Å². The number of hydrogen-bond acceptors (Lipinski definition) is 2. The molecule has 2 aromatic rings. The number of nitrogens with zero attached hydrogens (tertiary/aromatic N) is 3. The summed E-state index contributed by atoms with van der Waals surface area (Å²) >= 11 is 5.96. The summed E-state index contributed by atoms with van der Waals surface area (Å²) in [7, 11) is 0. The van der Waals surface area contributed by atoms with Crippen LogP contribution in [0.5, 0.6) is 0 Å². The number of urea groups is 1. The van der Waals surface area contributed by atoms with Crippen molar-refractivity contribution in [2.75, 3.05) is 19.6 Å². The minimum Gasteiger partial charge on any atom is -0.325 e. The van der Waals surface area contributed by atoms with Gasteiger partial charge >= 0.3 is 6.03 Å². The maximum atomic E-state index is 12.6. The van der Waals surface area contributed by atoms with Gasteiger partial charge in [-0.25, -0.2) is 4.79 Å². The number of fused-ring (bicyclic) bond motifs is 1. The van der Waals surface area contributed by atoms with Crippen molar-refractivity contribution in [3.8, 4) is 11.3 Å². The Morgan fingerprint density at radius 3 is 2.65 bits per heavy atom. The Morgan fingerprint density at radius 1 is 1.30 bits per heavy atom. The molecule has 2 amide bonds. The third kappa shape index (κ3) is 3.06. The summed E-state index contributed by atoms with van der Waals surface area (Å²) in [5, 5.41) is 8.28. The lowest BCUT2D eigenvalue weighted by atomic mass is 10.0. The van der Waals surface area contributed by atoms with Gasteiger partial charge in [0.25, 0.3) is 0 Å². The predicted octanol–water partition coefficient (Wildman–Crippen LogP) is 3.55. The number of rotatable bonds is 3. The van der Waals surface area contributed by atoms with E-state index in [4.69, 9.17) is 11.6 Å². The van der Waals surface area contributed by atoms with E-state index in [1.807, 2.05) is 47.9 Å². The van der Waals surface area contributed by atoms with Gasteiger partial charge in [0, 0.05) is 47.9 Å². The van der Waals surface area contributed by atoms with Crippen molar-refractivity contribution in [2.24, 2.45) is 0 Å². The normalized spacial score (nSPS) is 13.8. The highest BCUT2D eigenvalue weighted by Crippen LogP contribution is 2.29. The lowest BCUT2D eigenvalue weighted by Crippen LogP contribution is -2.45. The van der Waals surface area contributed by atoms with Crippen molar-refractivity contribution in [3.63, 3.8) is 0 Å². The molecule has 1 aromatic heterocycles. The molecule has 2 heterocycles. The van der Waals surface area contributed by atoms with E-state index in [2.05, 4.69) is 10.2 Å². The number of benzene rings is 1. The number of aromatic nitrogens is 2. The van der Waals surface area contributed by atoms with Crippen LogP contribution in [-0.2, 0) is 13.0 Å². The number of carbonyl (C=O) groups is 1. The molecule has 0 atom stereocenters. The number of carbonyl (C=O) groups excluding carboxylic acids is 1. The van der Waals surface area contributed by atoms with Gasteiger partial charge in [-0.2, -0.15) is 5.10 Å². The summed E-state index contributed by atoms with van der Waals surface area (Å²) in [5.74, 6) is 0. The zero-order chi connectivity index (χ0) is 16.4. The SMILES string of the molecule is CCN(CC)C(=O)N1CCc2[nH]nc(-c3ccc(Cl)cc3)c2C1. The number of amides is 2. The second-order valence-electron chi connectivity index (χ2n) is 5.66. The zero-order valence-corrected chi connectivity index (χ0v) is 14.2. The smallest absolute Gasteiger partial charge is 0.320 e. The highest BCUT2D eigenvalue weighted by molar-refractivity contribution is 6.30. The summed E-state index contributed by atoms with van der Waals surface area (Å²) in [6.45, 7) is 6.80. The Labute approximate surface area is 141 Å². The van der Waals surface area contributed by atoms with Crippen LogP contribution >= 0.6 is 11.6 Å². The summed E-state index contributed by atoms with van der Waals surface area (Å²) in [4.78, 5) is 16.3. The average Bonchev–Trinajstić information content (AvgIpc) is 2.99. The Bertz CT molecular complexity index is 691. The third-order valence-electron chi connectivity index (χ3n) is 4.36. The van der Waals surface area contributed by atoms with Gasteiger partial charge in [0.05, 0.1) is 12.2 Å². The van der Waals surface area contributed by atoms with Gasteiger partial charge in [0.15, 0.2) is 0 Å². The standard InChI is InChI=1S/C17H21ClN4O/c1-3-21(4-2)17(23)22-10-9-15-14(11-22)16(20-19-15)12-5-7-13(18)8-6-12/h5-8H,3-4,9-11H2,1-2H3,(H,19,20). The van der Waals surface area contributed by atoms with E-state index in [-0.39, 0.29) is 6.03 Å². The minimum atomic E-state index is 0.101. The van der Waals surface area contributed by atoms with Crippen LogP contribution in [0.2, 0.25) is 5.02 Å². The van der Waals surface area contributed by atoms with Crippen molar-refractivity contribution in [2.45, 2.75) is 26.8 Å². The highest BCUT2D eigenvalue weighted by atomic mass is 35.5. The van der Waals surface area contributed by atoms with Gasteiger partial charge in [-0.1, -0.05) is 23.7 Å². The molecule has 1 aliphatic rings. The van der Waals surface area contributed by atoms with Crippen molar-refractivity contribution in [3.05, 3.63) is 40.5 Å². The largest absolute Gasteiger partial charge is 0.325 e. The predicted molar refractivity (Wildman–Crippen MR) is 91.5 cm³/mol. The topological polar surface area (TPSA) is 52.2 Å². The van der Waals surface area contributed by atoms with Crippen LogP contribution < -0.4 is 0 Å². The maximum Gasteiger partial charge on any atom is 0.320 e. The molecule has 6 heteroatoms. The molecule has 23 heavy (non-hydrogen) atoms. The number of hydrogen-bond donors (Lipinski definition) is 1. The van der Waals surface area contributed by atoms with Gasteiger partial charge < -0.3 is 9.80 Å². The summed E-state index contributed by atoms with van der Waals surface area (Å²) in [6, 6.07) is 7.75. The van der Waals surface area contributed by atoms with E-state index in [9.17, 15) is 4.79 Å². The molecule has 0 saturated heterocycles. The number of halogens is 1. The first kappa shape index (κ1) is 15.9. The van der Waals surface area contributed by atoms with Crippen LogP contribution in [-0.4, -0.2) is 45.7 Å². The molecule has 1 aliphatic heterocycles. The third-order valence-corrected chi connectivity index (χ3v) is 4.61. The van der Waals surface area contributed by atoms with E-state index >= 15 is 0 Å². The lowest BCUT2D eigenvalue weighted by Gasteiger charge is -2.32. The molecule has 3 rings (SSSR count). The summed E-state index contributed by atoms with van der Waals surface area (Å²) < 4.78 is 0. The first-order valence-electron chi connectivity index (χ1n) is 8.00. The fraction of sp³-hybridized carbons (Fsp3) is 0.412. The number of aromatic amines is 1. The Balaban J connectivity index is 1.87. The lowest BCUT2D eigenvalue weighted by molar-refractivity contribution is 0.152. The Morgan fingerprint density at radius 2 is 2.00 bits per heavy atom. The van der Waals surface area contributed by atoms with E-state index in [0.29, 0.717) is 11.6 Å². The molecular weight excluding hydrogens is 312 g/mol. The minimum absolute atomic E-state index is 0.101.